The SMILES string of the molecule is C[Si]1(C)OO[Si](=O)O1. The zero-order valence-electron chi connectivity index (χ0n) is 4.63. The zero-order chi connectivity index (χ0) is 6.20. The predicted molar refractivity (Wildman–Crippen MR) is 27.2 cm³/mol. The van der Waals surface area contributed by atoms with Crippen molar-refractivity contribution in [3.8, 4) is 0 Å². The average Bonchev–Trinajstić information content (AvgIpc) is 1.82. The molecule has 0 aromatic rings. The molecule has 0 saturated carbocycles. The fourth-order valence-corrected chi connectivity index (χ4v) is 3.32. The molecule has 0 unspecified atom stereocenters. The average molecular weight is 150 g/mol. The van der Waals surface area contributed by atoms with Crippen molar-refractivity contribution in [2.75, 3.05) is 0 Å². The lowest BCUT2D eigenvalue weighted by Crippen LogP contribution is -2.27. The fraction of sp³-hybridized carbons (Fsp3) is 1.00. The molecule has 0 atom stereocenters. The van der Waals surface area contributed by atoms with Gasteiger partial charge in [-0.15, -0.1) is 0 Å². The molecular weight excluding hydrogens is 144 g/mol. The molecule has 1 heterocycles. The van der Waals surface area contributed by atoms with Crippen molar-refractivity contribution in [3.05, 3.63) is 0 Å². The van der Waals surface area contributed by atoms with Crippen LogP contribution in [0.4, 0.5) is 0 Å². The summed E-state index contributed by atoms with van der Waals surface area (Å²) in [5.41, 5.74) is 0. The summed E-state index contributed by atoms with van der Waals surface area (Å²) in [4.78, 5) is 0. The minimum atomic E-state index is -2.27. The highest BCUT2D eigenvalue weighted by atomic mass is 28.4. The summed E-state index contributed by atoms with van der Waals surface area (Å²) in [5.74, 6) is 0. The highest BCUT2D eigenvalue weighted by Crippen LogP contribution is 2.12. The van der Waals surface area contributed by atoms with Crippen molar-refractivity contribution in [1.29, 1.82) is 0 Å². The van der Waals surface area contributed by atoms with Gasteiger partial charge >= 0.3 is 17.7 Å². The molecule has 1 aliphatic rings. The van der Waals surface area contributed by atoms with Gasteiger partial charge in [0.1, 0.15) is 0 Å². The molecule has 0 radical (unpaired) electrons. The molecule has 0 aromatic heterocycles. The Labute approximate surface area is 49.4 Å². The third-order valence-corrected chi connectivity index (χ3v) is 4.14. The Bertz CT molecular complexity index is 121. The first-order valence-corrected chi connectivity index (χ1v) is 6.23. The zero-order valence-corrected chi connectivity index (χ0v) is 6.63. The van der Waals surface area contributed by atoms with Crippen molar-refractivity contribution in [1.82, 2.24) is 0 Å². The second-order valence-electron chi connectivity index (χ2n) is 1.92. The molecule has 0 spiro atoms. The molecule has 8 heavy (non-hydrogen) atoms. The summed E-state index contributed by atoms with van der Waals surface area (Å²) in [5, 5.41) is 0. The molecule has 0 aliphatic carbocycles. The van der Waals surface area contributed by atoms with E-state index in [-0.39, 0.29) is 0 Å². The van der Waals surface area contributed by atoms with Crippen molar-refractivity contribution in [3.63, 3.8) is 0 Å². The lowest BCUT2D eigenvalue weighted by atomic mass is 11.9. The van der Waals surface area contributed by atoms with Crippen LogP contribution in [0.3, 0.4) is 0 Å². The Morgan fingerprint density at radius 1 is 1.50 bits per heavy atom. The first kappa shape index (κ1) is 5.92. The maximum absolute atomic E-state index is 10.3. The van der Waals surface area contributed by atoms with Gasteiger partial charge in [-0.2, -0.15) is 0 Å². The molecule has 0 N–H and O–H groups in total. The van der Waals surface area contributed by atoms with Crippen LogP contribution in [-0.2, 0) is 17.7 Å². The summed E-state index contributed by atoms with van der Waals surface area (Å²) in [6.07, 6.45) is 0. The third kappa shape index (κ3) is 1.14. The van der Waals surface area contributed by atoms with Gasteiger partial charge < -0.3 is 8.69 Å². The Balaban J connectivity index is 2.56. The van der Waals surface area contributed by atoms with Gasteiger partial charge in [-0.25, -0.2) is 4.58 Å². The Morgan fingerprint density at radius 3 is 2.25 bits per heavy atom. The lowest BCUT2D eigenvalue weighted by Gasteiger charge is -2.04. The number of hydrogen-bond donors (Lipinski definition) is 0. The van der Waals surface area contributed by atoms with Gasteiger partial charge in [-0.05, 0) is 13.1 Å². The largest absolute Gasteiger partial charge is 0.786 e. The van der Waals surface area contributed by atoms with Gasteiger partial charge in [0.25, 0.3) is 0 Å². The van der Waals surface area contributed by atoms with Crippen LogP contribution < -0.4 is 0 Å². The first-order chi connectivity index (χ1) is 3.60. The molecule has 1 aliphatic heterocycles. The Kier molecular flexibility index (Phi) is 1.21. The monoisotopic (exact) mass is 150 g/mol. The van der Waals surface area contributed by atoms with Crippen LogP contribution >= 0.6 is 0 Å². The van der Waals surface area contributed by atoms with Crippen LogP contribution in [0.25, 0.3) is 0 Å². The quantitative estimate of drug-likeness (QED) is 0.362. The van der Waals surface area contributed by atoms with Gasteiger partial charge in [-0.3, -0.25) is 4.46 Å². The van der Waals surface area contributed by atoms with Gasteiger partial charge in [0.15, 0.2) is 0 Å². The molecule has 1 saturated heterocycles. The van der Waals surface area contributed by atoms with Crippen LogP contribution in [0.2, 0.25) is 13.1 Å². The minimum absolute atomic E-state index is 1.77. The summed E-state index contributed by atoms with van der Waals surface area (Å²) in [6.45, 7) is 3.53. The molecule has 0 amide bonds. The van der Waals surface area contributed by atoms with E-state index in [1.54, 1.807) is 13.1 Å². The highest BCUT2D eigenvalue weighted by molar-refractivity contribution is 6.70. The summed E-state index contributed by atoms with van der Waals surface area (Å²) in [6, 6.07) is 0. The van der Waals surface area contributed by atoms with E-state index in [0.29, 0.717) is 0 Å². The van der Waals surface area contributed by atoms with E-state index >= 15 is 0 Å². The summed E-state index contributed by atoms with van der Waals surface area (Å²) < 4.78 is 24.0. The minimum Gasteiger partial charge on any atom is -0.527 e. The van der Waals surface area contributed by atoms with E-state index < -0.39 is 17.7 Å². The molecule has 0 aromatic carbocycles. The van der Waals surface area contributed by atoms with E-state index in [2.05, 4.69) is 9.15 Å². The van der Waals surface area contributed by atoms with E-state index in [1.807, 2.05) is 0 Å². The molecule has 1 fully saturated rings. The number of rotatable bonds is 0. The van der Waals surface area contributed by atoms with Crippen molar-refractivity contribution in [2.24, 2.45) is 0 Å². The molecule has 4 nitrogen and oxygen atoms in total. The molecule has 0 bridgehead atoms. The predicted octanol–water partition coefficient (Wildman–Crippen LogP) is 0.0820. The van der Waals surface area contributed by atoms with Crippen LogP contribution in [0.15, 0.2) is 0 Å². The highest BCUT2D eigenvalue weighted by Gasteiger charge is 2.42. The molecule has 46 valence electrons. The molecule has 6 heteroatoms. The van der Waals surface area contributed by atoms with Crippen LogP contribution in [-0.4, -0.2) is 17.7 Å². The fourth-order valence-electron chi connectivity index (χ4n) is 0.369. The summed E-state index contributed by atoms with van der Waals surface area (Å²) >= 11 is 0. The van der Waals surface area contributed by atoms with Crippen molar-refractivity contribution in [2.45, 2.75) is 13.1 Å². The van der Waals surface area contributed by atoms with Gasteiger partial charge in [0, 0.05) is 0 Å². The standard InChI is InChI=1S/C2H6O4Si2/c1-8(2)5-4-7(3)6-8/h1-2H3. The Morgan fingerprint density at radius 2 is 2.12 bits per heavy atom. The normalized spacial score (nSPS) is 24.5. The van der Waals surface area contributed by atoms with Gasteiger partial charge in [0.2, 0.25) is 0 Å². The molecular formula is C2H6O4Si2. The van der Waals surface area contributed by atoms with E-state index in [4.69, 9.17) is 4.12 Å². The third-order valence-electron chi connectivity index (χ3n) is 0.640. The number of hydrogen-bond acceptors (Lipinski definition) is 4. The van der Waals surface area contributed by atoms with E-state index in [9.17, 15) is 4.46 Å². The maximum atomic E-state index is 10.3. The smallest absolute Gasteiger partial charge is 0.527 e. The summed E-state index contributed by atoms with van der Waals surface area (Å²) in [7, 11) is -4.37. The maximum Gasteiger partial charge on any atom is 0.786 e. The van der Waals surface area contributed by atoms with E-state index in [0.717, 1.165) is 0 Å². The van der Waals surface area contributed by atoms with Crippen LogP contribution in [0.5, 0.6) is 0 Å². The first-order valence-electron chi connectivity index (χ1n) is 2.19. The van der Waals surface area contributed by atoms with Crippen molar-refractivity contribution < 1.29 is 17.7 Å². The second kappa shape index (κ2) is 1.64. The van der Waals surface area contributed by atoms with Crippen molar-refractivity contribution >= 4 is 17.7 Å². The molecule has 1 rings (SSSR count). The van der Waals surface area contributed by atoms with Crippen LogP contribution in [0.1, 0.15) is 0 Å². The van der Waals surface area contributed by atoms with Gasteiger partial charge in [-0.1, -0.05) is 0 Å². The Hall–Kier alpha value is -0.206. The van der Waals surface area contributed by atoms with Gasteiger partial charge in [0.05, 0.1) is 0 Å². The second-order valence-corrected chi connectivity index (χ2v) is 6.37. The topological polar surface area (TPSA) is 44.8 Å². The van der Waals surface area contributed by atoms with Crippen LogP contribution in [0, 0.1) is 0 Å². The van der Waals surface area contributed by atoms with E-state index in [1.165, 1.54) is 0 Å². The lowest BCUT2D eigenvalue weighted by molar-refractivity contribution is -0.107.